The molecule has 1 amide bonds. The number of likely N-dealkylation sites (N-methyl/N-ethyl adjacent to an activating group) is 1. The van der Waals surface area contributed by atoms with Crippen molar-refractivity contribution in [3.05, 3.63) is 35.6 Å². The molecule has 3 rings (SSSR count). The molecule has 1 N–H and O–H groups in total. The van der Waals surface area contributed by atoms with Crippen LogP contribution in [0, 0.1) is 11.7 Å². The van der Waals surface area contributed by atoms with Crippen molar-refractivity contribution in [1.82, 2.24) is 10.2 Å². The van der Waals surface area contributed by atoms with E-state index in [-0.39, 0.29) is 11.7 Å². The molecule has 2 heterocycles. The Balaban J connectivity index is 1.44. The first-order valence-electron chi connectivity index (χ1n) is 8.34. The first kappa shape index (κ1) is 15.5. The predicted octanol–water partition coefficient (Wildman–Crippen LogP) is 2.75. The van der Waals surface area contributed by atoms with Gasteiger partial charge in [-0.3, -0.25) is 4.79 Å². The lowest BCUT2D eigenvalue weighted by Crippen LogP contribution is -2.40. The number of nitrogens with zero attached hydrogens (tertiary/aromatic N) is 1. The topological polar surface area (TPSA) is 32.3 Å². The van der Waals surface area contributed by atoms with Crippen LogP contribution in [0.3, 0.4) is 0 Å². The predicted molar refractivity (Wildman–Crippen MR) is 85.0 cm³/mol. The minimum Gasteiger partial charge on any atom is -0.345 e. The maximum absolute atomic E-state index is 12.9. The van der Waals surface area contributed by atoms with Crippen LogP contribution >= 0.6 is 0 Å². The maximum atomic E-state index is 12.9. The van der Waals surface area contributed by atoms with Gasteiger partial charge in [0.05, 0.1) is 0 Å². The standard InChI is InChI=1S/C18H25FN2O/c1-21(9-8-13-2-4-15(19)5-3-13)18(22)12-14-10-16-6-7-17(11-14)20-16/h2-5,14,16-17,20H,6-12H2,1H3. The molecule has 4 heteroatoms. The summed E-state index contributed by atoms with van der Waals surface area (Å²) < 4.78 is 12.9. The minimum atomic E-state index is -0.214. The molecule has 0 spiro atoms. The van der Waals surface area contributed by atoms with E-state index in [0.717, 1.165) is 24.8 Å². The van der Waals surface area contributed by atoms with Crippen LogP contribution in [0.15, 0.2) is 24.3 Å². The highest BCUT2D eigenvalue weighted by atomic mass is 19.1. The number of benzene rings is 1. The van der Waals surface area contributed by atoms with Crippen molar-refractivity contribution in [2.45, 2.75) is 50.6 Å². The molecule has 0 aliphatic carbocycles. The second-order valence-electron chi connectivity index (χ2n) is 6.87. The minimum absolute atomic E-state index is 0.214. The summed E-state index contributed by atoms with van der Waals surface area (Å²) in [5, 5.41) is 3.62. The van der Waals surface area contributed by atoms with Crippen LogP contribution in [0.25, 0.3) is 0 Å². The molecule has 2 fully saturated rings. The molecule has 3 nitrogen and oxygen atoms in total. The number of fused-ring (bicyclic) bond motifs is 2. The van der Waals surface area contributed by atoms with Crippen LogP contribution in [0.4, 0.5) is 4.39 Å². The van der Waals surface area contributed by atoms with Gasteiger partial charge in [-0.15, -0.1) is 0 Å². The van der Waals surface area contributed by atoms with Crippen LogP contribution in [0.5, 0.6) is 0 Å². The molecule has 120 valence electrons. The van der Waals surface area contributed by atoms with Gasteiger partial charge in [0, 0.05) is 32.1 Å². The van der Waals surface area contributed by atoms with Crippen molar-refractivity contribution >= 4 is 5.91 Å². The number of amides is 1. The summed E-state index contributed by atoms with van der Waals surface area (Å²) in [6.45, 7) is 0.697. The Morgan fingerprint density at radius 3 is 2.50 bits per heavy atom. The Morgan fingerprint density at radius 1 is 1.23 bits per heavy atom. The van der Waals surface area contributed by atoms with Gasteiger partial charge >= 0.3 is 0 Å². The third-order valence-electron chi connectivity index (χ3n) is 5.11. The second-order valence-corrected chi connectivity index (χ2v) is 6.87. The molecule has 2 atom stereocenters. The van der Waals surface area contributed by atoms with E-state index >= 15 is 0 Å². The lowest BCUT2D eigenvalue weighted by atomic mass is 9.89. The average molecular weight is 304 g/mol. The fourth-order valence-corrected chi connectivity index (χ4v) is 3.82. The average Bonchev–Trinajstić information content (AvgIpc) is 2.85. The Kier molecular flexibility index (Phi) is 4.77. The molecule has 2 saturated heterocycles. The first-order chi connectivity index (χ1) is 10.6. The molecular weight excluding hydrogens is 279 g/mol. The van der Waals surface area contributed by atoms with Crippen LogP contribution < -0.4 is 5.32 Å². The highest BCUT2D eigenvalue weighted by Gasteiger charge is 2.34. The van der Waals surface area contributed by atoms with Gasteiger partial charge in [0.15, 0.2) is 0 Å². The van der Waals surface area contributed by atoms with Gasteiger partial charge < -0.3 is 10.2 Å². The van der Waals surface area contributed by atoms with E-state index in [1.165, 1.54) is 25.0 Å². The number of carbonyl (C=O) groups is 1. The van der Waals surface area contributed by atoms with Crippen LogP contribution in [-0.4, -0.2) is 36.5 Å². The van der Waals surface area contributed by atoms with Gasteiger partial charge in [0.25, 0.3) is 0 Å². The van der Waals surface area contributed by atoms with E-state index in [2.05, 4.69) is 5.32 Å². The van der Waals surface area contributed by atoms with E-state index < -0.39 is 0 Å². The summed E-state index contributed by atoms with van der Waals surface area (Å²) in [5.41, 5.74) is 1.07. The van der Waals surface area contributed by atoms with Crippen LogP contribution in [-0.2, 0) is 11.2 Å². The van der Waals surface area contributed by atoms with Crippen molar-refractivity contribution in [1.29, 1.82) is 0 Å². The number of hydrogen-bond donors (Lipinski definition) is 1. The monoisotopic (exact) mass is 304 g/mol. The largest absolute Gasteiger partial charge is 0.345 e. The second kappa shape index (κ2) is 6.78. The third-order valence-corrected chi connectivity index (χ3v) is 5.11. The van der Waals surface area contributed by atoms with Gasteiger partial charge in [-0.2, -0.15) is 0 Å². The summed E-state index contributed by atoms with van der Waals surface area (Å²) >= 11 is 0. The molecule has 2 aliphatic rings. The van der Waals surface area contributed by atoms with E-state index in [9.17, 15) is 9.18 Å². The molecule has 22 heavy (non-hydrogen) atoms. The van der Waals surface area contributed by atoms with Gasteiger partial charge in [-0.1, -0.05) is 12.1 Å². The Morgan fingerprint density at radius 2 is 1.86 bits per heavy atom. The molecule has 0 saturated carbocycles. The fourth-order valence-electron chi connectivity index (χ4n) is 3.82. The highest BCUT2D eigenvalue weighted by molar-refractivity contribution is 5.76. The van der Waals surface area contributed by atoms with Crippen molar-refractivity contribution in [3.8, 4) is 0 Å². The smallest absolute Gasteiger partial charge is 0.222 e. The van der Waals surface area contributed by atoms with Crippen molar-refractivity contribution in [2.24, 2.45) is 5.92 Å². The number of carbonyl (C=O) groups excluding carboxylic acids is 1. The Bertz CT molecular complexity index is 504. The maximum Gasteiger partial charge on any atom is 0.222 e. The van der Waals surface area contributed by atoms with E-state index in [4.69, 9.17) is 0 Å². The van der Waals surface area contributed by atoms with Crippen molar-refractivity contribution < 1.29 is 9.18 Å². The number of hydrogen-bond acceptors (Lipinski definition) is 2. The lowest BCUT2D eigenvalue weighted by molar-refractivity contribution is -0.131. The molecule has 2 bridgehead atoms. The number of nitrogens with one attached hydrogen (secondary N) is 1. The third kappa shape index (κ3) is 3.86. The zero-order valence-corrected chi connectivity index (χ0v) is 13.2. The van der Waals surface area contributed by atoms with Crippen molar-refractivity contribution in [2.75, 3.05) is 13.6 Å². The summed E-state index contributed by atoms with van der Waals surface area (Å²) in [5.74, 6) is 0.571. The first-order valence-corrected chi connectivity index (χ1v) is 8.34. The normalized spacial score (nSPS) is 26.9. The summed E-state index contributed by atoms with van der Waals surface area (Å²) in [6, 6.07) is 7.81. The Hall–Kier alpha value is -1.42. The highest BCUT2D eigenvalue weighted by Crippen LogP contribution is 2.32. The SMILES string of the molecule is CN(CCc1ccc(F)cc1)C(=O)CC1CC2CCC(C1)N2. The van der Waals surface area contributed by atoms with Crippen LogP contribution in [0.1, 0.15) is 37.7 Å². The van der Waals surface area contributed by atoms with Gasteiger partial charge in [0.2, 0.25) is 5.91 Å². The van der Waals surface area contributed by atoms with Crippen molar-refractivity contribution in [3.63, 3.8) is 0 Å². The number of halogens is 1. The zero-order valence-electron chi connectivity index (χ0n) is 13.2. The Labute approximate surface area is 131 Å². The van der Waals surface area contributed by atoms with Crippen LogP contribution in [0.2, 0.25) is 0 Å². The zero-order chi connectivity index (χ0) is 15.5. The van der Waals surface area contributed by atoms with E-state index in [1.807, 2.05) is 11.9 Å². The van der Waals surface area contributed by atoms with Gasteiger partial charge in [-0.25, -0.2) is 4.39 Å². The van der Waals surface area contributed by atoms with Gasteiger partial charge in [-0.05, 0) is 55.7 Å². The molecule has 1 aromatic carbocycles. The summed E-state index contributed by atoms with van der Waals surface area (Å²) in [4.78, 5) is 14.2. The fraction of sp³-hybridized carbons (Fsp3) is 0.611. The quantitative estimate of drug-likeness (QED) is 0.907. The number of rotatable bonds is 5. The van der Waals surface area contributed by atoms with E-state index in [0.29, 0.717) is 31.0 Å². The molecule has 2 aliphatic heterocycles. The molecule has 2 unspecified atom stereocenters. The summed E-state index contributed by atoms with van der Waals surface area (Å²) in [7, 11) is 1.88. The number of piperidine rings is 1. The molecule has 1 aromatic rings. The molecule has 0 aromatic heterocycles. The molecule has 0 radical (unpaired) electrons. The lowest BCUT2D eigenvalue weighted by Gasteiger charge is -2.30. The molecular formula is C18H25FN2O. The van der Waals surface area contributed by atoms with E-state index in [1.54, 1.807) is 12.1 Å². The summed E-state index contributed by atoms with van der Waals surface area (Å²) in [6.07, 6.45) is 6.29. The van der Waals surface area contributed by atoms with Gasteiger partial charge in [0.1, 0.15) is 5.82 Å².